The van der Waals surface area contributed by atoms with E-state index in [0.717, 1.165) is 0 Å². The molecule has 8 nitrogen and oxygen atoms in total. The summed E-state index contributed by atoms with van der Waals surface area (Å²) in [5.74, 6) is -1.28. The fourth-order valence-electron chi connectivity index (χ4n) is 1.57. The van der Waals surface area contributed by atoms with Gasteiger partial charge in [0.1, 0.15) is 12.4 Å². The molecule has 21 heavy (non-hydrogen) atoms. The van der Waals surface area contributed by atoms with Gasteiger partial charge in [-0.3, -0.25) is 0 Å². The van der Waals surface area contributed by atoms with E-state index in [1.54, 1.807) is 4.90 Å². The van der Waals surface area contributed by atoms with Crippen LogP contribution < -0.4 is 4.90 Å². The lowest BCUT2D eigenvalue weighted by atomic mass is 10.3. The minimum absolute atomic E-state index is 0.0678. The lowest BCUT2D eigenvalue weighted by molar-refractivity contribution is -0.107. The Labute approximate surface area is 125 Å². The minimum atomic E-state index is -1.35. The highest BCUT2D eigenvalue weighted by Crippen LogP contribution is 2.21. The molecule has 0 radical (unpaired) electrons. The topological polar surface area (TPSA) is 116 Å². The maximum atomic E-state index is 11.1. The summed E-state index contributed by atoms with van der Waals surface area (Å²) in [5.41, 5.74) is -0.550. The lowest BCUT2D eigenvalue weighted by Gasteiger charge is -2.23. The van der Waals surface area contributed by atoms with Gasteiger partial charge in [0.25, 0.3) is 0 Å². The quantitative estimate of drug-likeness (QED) is 0.699. The van der Waals surface area contributed by atoms with Crippen LogP contribution in [0.2, 0.25) is 5.15 Å². The number of carbonyl (C=O) groups excluding carboxylic acids is 1. The van der Waals surface area contributed by atoms with Gasteiger partial charge in [-0.15, -0.1) is 0 Å². The van der Waals surface area contributed by atoms with Crippen LogP contribution in [0.4, 0.5) is 5.82 Å². The van der Waals surface area contributed by atoms with Crippen molar-refractivity contribution in [1.82, 2.24) is 9.97 Å². The van der Waals surface area contributed by atoms with Crippen LogP contribution in [0.3, 0.4) is 0 Å². The van der Waals surface area contributed by atoms with E-state index >= 15 is 0 Å². The molecule has 0 bridgehead atoms. The molecule has 0 aliphatic rings. The zero-order valence-electron chi connectivity index (χ0n) is 11.2. The van der Waals surface area contributed by atoms with Crippen LogP contribution in [0.25, 0.3) is 0 Å². The Morgan fingerprint density at radius 2 is 2.24 bits per heavy atom. The standard InChI is InChI=1S/C12H13ClN4O4/c1-21-6-4-17(3-2-5-18)11-8(7-14)15-10(13)9(16-11)12(19)20/h5H,2-4,6H2,1H3,(H,19,20). The maximum absolute atomic E-state index is 11.1. The first-order chi connectivity index (χ1) is 10.0. The fraction of sp³-hybridized carbons (Fsp3) is 0.417. The van der Waals surface area contributed by atoms with E-state index in [9.17, 15) is 9.59 Å². The molecule has 0 aliphatic heterocycles. The van der Waals surface area contributed by atoms with Gasteiger partial charge in [0.15, 0.2) is 22.4 Å². The molecule has 0 saturated carbocycles. The number of hydrogen-bond donors (Lipinski definition) is 1. The van der Waals surface area contributed by atoms with Crippen LogP contribution in [0.15, 0.2) is 0 Å². The summed E-state index contributed by atoms with van der Waals surface area (Å²) < 4.78 is 4.95. The number of anilines is 1. The van der Waals surface area contributed by atoms with Crippen LogP contribution in [0.5, 0.6) is 0 Å². The third-order valence-corrected chi connectivity index (χ3v) is 2.79. The molecule has 0 saturated heterocycles. The van der Waals surface area contributed by atoms with Gasteiger partial charge in [0, 0.05) is 26.6 Å². The second-order valence-electron chi connectivity index (χ2n) is 3.89. The summed E-state index contributed by atoms with van der Waals surface area (Å²) in [6, 6.07) is 1.81. The molecule has 0 atom stereocenters. The van der Waals surface area contributed by atoms with E-state index in [1.807, 2.05) is 6.07 Å². The second-order valence-corrected chi connectivity index (χ2v) is 4.25. The third kappa shape index (κ3) is 4.37. The van der Waals surface area contributed by atoms with E-state index in [0.29, 0.717) is 19.4 Å². The molecule has 1 aromatic heterocycles. The molecule has 9 heteroatoms. The first-order valence-electron chi connectivity index (χ1n) is 5.93. The predicted octanol–water partition coefficient (Wildman–Crippen LogP) is 0.742. The van der Waals surface area contributed by atoms with E-state index in [4.69, 9.17) is 26.7 Å². The van der Waals surface area contributed by atoms with E-state index in [2.05, 4.69) is 9.97 Å². The molecular formula is C12H13ClN4O4. The summed E-state index contributed by atoms with van der Waals surface area (Å²) in [7, 11) is 1.50. The highest BCUT2D eigenvalue weighted by molar-refractivity contribution is 6.32. The van der Waals surface area contributed by atoms with Crippen molar-refractivity contribution in [3.8, 4) is 6.07 Å². The Balaban J connectivity index is 3.26. The molecule has 0 spiro atoms. The number of hydrogen-bond acceptors (Lipinski definition) is 7. The minimum Gasteiger partial charge on any atom is -0.476 e. The molecule has 1 N–H and O–H groups in total. The summed E-state index contributed by atoms with van der Waals surface area (Å²) in [4.78, 5) is 30.8. The smallest absolute Gasteiger partial charge is 0.357 e. The fourth-order valence-corrected chi connectivity index (χ4v) is 1.78. The van der Waals surface area contributed by atoms with Crippen molar-refractivity contribution in [2.45, 2.75) is 6.42 Å². The Bertz CT molecular complexity index is 573. The highest BCUT2D eigenvalue weighted by Gasteiger charge is 2.21. The van der Waals surface area contributed by atoms with Gasteiger partial charge in [0.05, 0.1) is 6.61 Å². The summed E-state index contributed by atoms with van der Waals surface area (Å²) in [5, 5.41) is 17.7. The number of ether oxygens (including phenoxy) is 1. The summed E-state index contributed by atoms with van der Waals surface area (Å²) >= 11 is 5.68. The molecule has 112 valence electrons. The van der Waals surface area contributed by atoms with Gasteiger partial charge in [-0.25, -0.2) is 14.8 Å². The van der Waals surface area contributed by atoms with E-state index in [-0.39, 0.29) is 29.6 Å². The number of aldehydes is 1. The molecule has 1 heterocycles. The molecule has 1 aromatic rings. The Kier molecular flexibility index (Phi) is 6.52. The van der Waals surface area contributed by atoms with Crippen LogP contribution in [0.1, 0.15) is 22.6 Å². The third-order valence-electron chi connectivity index (χ3n) is 2.53. The second kappa shape index (κ2) is 8.14. The number of methoxy groups -OCH3 is 1. The number of halogens is 1. The predicted molar refractivity (Wildman–Crippen MR) is 73.5 cm³/mol. The number of nitrogens with zero attached hydrogens (tertiary/aromatic N) is 4. The highest BCUT2D eigenvalue weighted by atomic mass is 35.5. The molecule has 1 rings (SSSR count). The summed E-state index contributed by atoms with van der Waals surface area (Å²) in [6.07, 6.45) is 0.911. The van der Waals surface area contributed by atoms with Crippen molar-refractivity contribution in [2.75, 3.05) is 31.7 Å². The molecule has 0 fully saturated rings. The van der Waals surface area contributed by atoms with Crippen molar-refractivity contribution in [3.63, 3.8) is 0 Å². The molecule has 0 aliphatic carbocycles. The van der Waals surface area contributed by atoms with Crippen molar-refractivity contribution < 1.29 is 19.4 Å². The molecule has 0 aromatic carbocycles. The van der Waals surface area contributed by atoms with Crippen molar-refractivity contribution >= 4 is 29.7 Å². The number of carbonyl (C=O) groups is 2. The largest absolute Gasteiger partial charge is 0.476 e. The Morgan fingerprint density at radius 1 is 1.52 bits per heavy atom. The zero-order chi connectivity index (χ0) is 15.8. The number of aromatic nitrogens is 2. The molecular weight excluding hydrogens is 300 g/mol. The van der Waals surface area contributed by atoms with Crippen molar-refractivity contribution in [2.24, 2.45) is 0 Å². The first-order valence-corrected chi connectivity index (χ1v) is 6.31. The normalized spacial score (nSPS) is 9.95. The average Bonchev–Trinajstić information content (AvgIpc) is 2.47. The van der Waals surface area contributed by atoms with Gasteiger partial charge in [0.2, 0.25) is 0 Å². The van der Waals surface area contributed by atoms with Crippen molar-refractivity contribution in [3.05, 3.63) is 16.5 Å². The van der Waals surface area contributed by atoms with Crippen molar-refractivity contribution in [1.29, 1.82) is 5.26 Å². The van der Waals surface area contributed by atoms with Crippen LogP contribution in [-0.4, -0.2) is 54.1 Å². The van der Waals surface area contributed by atoms with E-state index < -0.39 is 11.7 Å². The van der Waals surface area contributed by atoms with Gasteiger partial charge < -0.3 is 19.5 Å². The van der Waals surface area contributed by atoms with Gasteiger partial charge in [-0.2, -0.15) is 5.26 Å². The van der Waals surface area contributed by atoms with Crippen LogP contribution >= 0.6 is 11.6 Å². The van der Waals surface area contributed by atoms with E-state index in [1.165, 1.54) is 7.11 Å². The Hall–Kier alpha value is -2.24. The summed E-state index contributed by atoms with van der Waals surface area (Å²) in [6.45, 7) is 0.905. The molecule has 0 unspecified atom stereocenters. The molecule has 0 amide bonds. The van der Waals surface area contributed by atoms with Crippen LogP contribution in [0, 0.1) is 11.3 Å². The van der Waals surface area contributed by atoms with Gasteiger partial charge in [-0.1, -0.05) is 11.6 Å². The lowest BCUT2D eigenvalue weighted by Crippen LogP contribution is -2.31. The SMILES string of the molecule is COCCN(CCC=O)c1nc(C(=O)O)c(Cl)nc1C#N. The maximum Gasteiger partial charge on any atom is 0.357 e. The van der Waals surface area contributed by atoms with Crippen LogP contribution in [-0.2, 0) is 9.53 Å². The monoisotopic (exact) mass is 312 g/mol. The van der Waals surface area contributed by atoms with Gasteiger partial charge >= 0.3 is 5.97 Å². The zero-order valence-corrected chi connectivity index (χ0v) is 12.0. The number of aromatic carboxylic acids is 1. The number of nitriles is 1. The van der Waals surface area contributed by atoms with Gasteiger partial charge in [-0.05, 0) is 0 Å². The number of carboxylic acid groups (broad SMARTS) is 1. The Morgan fingerprint density at radius 3 is 2.76 bits per heavy atom. The average molecular weight is 313 g/mol. The number of rotatable bonds is 8. The number of carboxylic acids is 1. The first kappa shape index (κ1) is 16.8.